The van der Waals surface area contributed by atoms with Crippen molar-refractivity contribution >= 4 is 33.6 Å². The van der Waals surface area contributed by atoms with Crippen LogP contribution in [0.15, 0.2) is 48.5 Å². The van der Waals surface area contributed by atoms with Crippen molar-refractivity contribution in [2.45, 2.75) is 13.0 Å². The second kappa shape index (κ2) is 5.11. The van der Waals surface area contributed by atoms with Crippen molar-refractivity contribution in [3.05, 3.63) is 48.5 Å². The number of nitrogens with one attached hydrogen (secondary N) is 2. The molecule has 0 saturated carbocycles. The lowest BCUT2D eigenvalue weighted by molar-refractivity contribution is 0.179. The summed E-state index contributed by atoms with van der Waals surface area (Å²) in [7, 11) is 0. The van der Waals surface area contributed by atoms with Gasteiger partial charge in [0.25, 0.3) is 0 Å². The van der Waals surface area contributed by atoms with E-state index in [0.717, 1.165) is 38.9 Å². The van der Waals surface area contributed by atoms with E-state index < -0.39 is 0 Å². The lowest BCUT2D eigenvalue weighted by Crippen LogP contribution is -2.30. The molecular weight excluding hydrogens is 316 g/mol. The first-order valence-corrected chi connectivity index (χ1v) is 8.23. The van der Waals surface area contributed by atoms with E-state index in [-0.39, 0.29) is 12.1 Å². The van der Waals surface area contributed by atoms with Crippen LogP contribution >= 0.6 is 0 Å². The monoisotopic (exact) mass is 332 g/mol. The highest BCUT2D eigenvalue weighted by Gasteiger charge is 2.31. The van der Waals surface area contributed by atoms with Crippen molar-refractivity contribution in [3.8, 4) is 11.4 Å². The van der Waals surface area contributed by atoms with Crippen molar-refractivity contribution < 1.29 is 9.53 Å². The smallest absolute Gasteiger partial charge is 0.414 e. The van der Waals surface area contributed by atoms with Crippen LogP contribution in [-0.2, 0) is 4.74 Å². The minimum Gasteiger partial charge on any atom is -0.447 e. The Morgan fingerprint density at radius 2 is 2.04 bits per heavy atom. The predicted octanol–water partition coefficient (Wildman–Crippen LogP) is 4.06. The molecular formula is C19H16N4O2. The fourth-order valence-electron chi connectivity index (χ4n) is 3.43. The normalized spacial score (nSPS) is 17.6. The third kappa shape index (κ3) is 2.11. The maximum absolute atomic E-state index is 12.0. The molecule has 0 spiro atoms. The highest BCUT2D eigenvalue weighted by molar-refractivity contribution is 5.99. The molecule has 1 amide bonds. The molecule has 2 N–H and O–H groups in total. The van der Waals surface area contributed by atoms with Gasteiger partial charge in [-0.3, -0.25) is 10.00 Å². The molecule has 1 aliphatic heterocycles. The van der Waals surface area contributed by atoms with Crippen LogP contribution in [-0.4, -0.2) is 33.9 Å². The van der Waals surface area contributed by atoms with Gasteiger partial charge in [0.15, 0.2) is 0 Å². The minimum atomic E-state index is -0.303. The Balaban J connectivity index is 1.66. The Morgan fingerprint density at radius 3 is 2.84 bits per heavy atom. The molecule has 1 atom stereocenters. The Morgan fingerprint density at radius 1 is 1.16 bits per heavy atom. The van der Waals surface area contributed by atoms with Crippen LogP contribution in [0.25, 0.3) is 33.2 Å². The zero-order valence-corrected chi connectivity index (χ0v) is 13.6. The topological polar surface area (TPSA) is 74.0 Å². The number of ether oxygens (including phenoxy) is 1. The molecule has 4 aromatic rings. The number of carbonyl (C=O) groups is 1. The van der Waals surface area contributed by atoms with E-state index in [9.17, 15) is 4.79 Å². The third-order valence-corrected chi connectivity index (χ3v) is 4.70. The van der Waals surface area contributed by atoms with E-state index in [1.165, 1.54) is 0 Å². The number of aromatic amines is 2. The van der Waals surface area contributed by atoms with Gasteiger partial charge in [-0.05, 0) is 37.3 Å². The zero-order valence-electron chi connectivity index (χ0n) is 13.6. The number of benzene rings is 2. The van der Waals surface area contributed by atoms with Gasteiger partial charge in [-0.15, -0.1) is 0 Å². The number of hydrogen-bond donors (Lipinski definition) is 2. The number of rotatable bonds is 2. The summed E-state index contributed by atoms with van der Waals surface area (Å²) in [4.78, 5) is 17.1. The van der Waals surface area contributed by atoms with Crippen molar-refractivity contribution in [2.24, 2.45) is 0 Å². The van der Waals surface area contributed by atoms with Gasteiger partial charge in [0, 0.05) is 22.0 Å². The first-order valence-electron chi connectivity index (χ1n) is 8.23. The molecule has 2 aromatic heterocycles. The predicted molar refractivity (Wildman–Crippen MR) is 96.7 cm³/mol. The Labute approximate surface area is 143 Å². The van der Waals surface area contributed by atoms with Crippen LogP contribution in [0.3, 0.4) is 0 Å². The molecule has 2 aromatic carbocycles. The SMILES string of the molecule is C[C@@H]1COC(=O)N1c1ccc2[nH]nc(-c3cc4ccccc4[nH]3)c2c1. The molecule has 0 unspecified atom stereocenters. The molecule has 124 valence electrons. The van der Waals surface area contributed by atoms with Crippen molar-refractivity contribution in [3.63, 3.8) is 0 Å². The quantitative estimate of drug-likeness (QED) is 0.581. The molecule has 5 rings (SSSR count). The highest BCUT2D eigenvalue weighted by Crippen LogP contribution is 2.32. The molecule has 0 bridgehead atoms. The van der Waals surface area contributed by atoms with Crippen LogP contribution in [0.1, 0.15) is 6.92 Å². The summed E-state index contributed by atoms with van der Waals surface area (Å²) in [6.07, 6.45) is -0.303. The summed E-state index contributed by atoms with van der Waals surface area (Å²) in [5, 5.41) is 9.65. The van der Waals surface area contributed by atoms with Crippen LogP contribution in [0.4, 0.5) is 10.5 Å². The van der Waals surface area contributed by atoms with E-state index in [2.05, 4.69) is 27.3 Å². The van der Waals surface area contributed by atoms with Gasteiger partial charge >= 0.3 is 6.09 Å². The molecule has 6 nitrogen and oxygen atoms in total. The summed E-state index contributed by atoms with van der Waals surface area (Å²) >= 11 is 0. The summed E-state index contributed by atoms with van der Waals surface area (Å²) in [6.45, 7) is 2.39. The lowest BCUT2D eigenvalue weighted by atomic mass is 10.1. The number of H-pyrrole nitrogens is 2. The average Bonchev–Trinajstić information content (AvgIpc) is 3.30. The maximum atomic E-state index is 12.0. The number of nitrogens with zero attached hydrogens (tertiary/aromatic N) is 2. The second-order valence-electron chi connectivity index (χ2n) is 6.37. The van der Waals surface area contributed by atoms with Crippen molar-refractivity contribution in [1.82, 2.24) is 15.2 Å². The van der Waals surface area contributed by atoms with E-state index >= 15 is 0 Å². The molecule has 0 radical (unpaired) electrons. The van der Waals surface area contributed by atoms with Gasteiger partial charge < -0.3 is 9.72 Å². The standard InChI is InChI=1S/C19H16N4O2/c1-11-10-25-19(24)23(11)13-6-7-16-14(9-13)18(22-21-16)17-8-12-4-2-3-5-15(12)20-17/h2-9,11,20H,10H2,1H3,(H,21,22)/t11-/m1/s1. The molecule has 1 saturated heterocycles. The number of cyclic esters (lactones) is 1. The summed E-state index contributed by atoms with van der Waals surface area (Å²) in [6, 6.07) is 16.1. The van der Waals surface area contributed by atoms with Crippen molar-refractivity contribution in [1.29, 1.82) is 0 Å². The van der Waals surface area contributed by atoms with E-state index in [1.807, 2.05) is 43.3 Å². The summed E-state index contributed by atoms with van der Waals surface area (Å²) in [5.74, 6) is 0. The van der Waals surface area contributed by atoms with Gasteiger partial charge in [-0.25, -0.2) is 4.79 Å². The number of carbonyl (C=O) groups excluding carboxylic acids is 1. The molecule has 1 fully saturated rings. The van der Waals surface area contributed by atoms with Gasteiger partial charge in [-0.2, -0.15) is 5.10 Å². The number of hydrogen-bond acceptors (Lipinski definition) is 3. The van der Waals surface area contributed by atoms with Crippen LogP contribution in [0, 0.1) is 0 Å². The van der Waals surface area contributed by atoms with Crippen LogP contribution < -0.4 is 4.90 Å². The fraction of sp³-hybridized carbons (Fsp3) is 0.158. The molecule has 1 aliphatic rings. The molecule has 0 aliphatic carbocycles. The van der Waals surface area contributed by atoms with Gasteiger partial charge in [-0.1, -0.05) is 18.2 Å². The summed E-state index contributed by atoms with van der Waals surface area (Å²) in [5.41, 5.74) is 4.61. The Kier molecular flexibility index (Phi) is 2.88. The van der Waals surface area contributed by atoms with E-state index in [0.29, 0.717) is 6.61 Å². The molecule has 25 heavy (non-hydrogen) atoms. The minimum absolute atomic E-state index is 0.0216. The Hall–Kier alpha value is -3.28. The number of anilines is 1. The molecule has 3 heterocycles. The number of amides is 1. The second-order valence-corrected chi connectivity index (χ2v) is 6.37. The third-order valence-electron chi connectivity index (χ3n) is 4.70. The van der Waals surface area contributed by atoms with Crippen molar-refractivity contribution in [2.75, 3.05) is 11.5 Å². The van der Waals surface area contributed by atoms with E-state index in [1.54, 1.807) is 4.90 Å². The first-order chi connectivity index (χ1) is 12.2. The maximum Gasteiger partial charge on any atom is 0.414 e. The summed E-state index contributed by atoms with van der Waals surface area (Å²) < 4.78 is 5.14. The largest absolute Gasteiger partial charge is 0.447 e. The lowest BCUT2D eigenvalue weighted by Gasteiger charge is -2.18. The van der Waals surface area contributed by atoms with Gasteiger partial charge in [0.1, 0.15) is 12.3 Å². The van der Waals surface area contributed by atoms with Crippen LogP contribution in [0.2, 0.25) is 0 Å². The average molecular weight is 332 g/mol. The zero-order chi connectivity index (χ0) is 17.0. The number of aromatic nitrogens is 3. The number of para-hydroxylation sites is 1. The van der Waals surface area contributed by atoms with E-state index in [4.69, 9.17) is 4.74 Å². The fourth-order valence-corrected chi connectivity index (χ4v) is 3.43. The Bertz CT molecular complexity index is 1080. The first kappa shape index (κ1) is 14.1. The van der Waals surface area contributed by atoms with Gasteiger partial charge in [0.2, 0.25) is 0 Å². The van der Waals surface area contributed by atoms with Crippen LogP contribution in [0.5, 0.6) is 0 Å². The molecule has 6 heteroatoms. The highest BCUT2D eigenvalue weighted by atomic mass is 16.6. The van der Waals surface area contributed by atoms with Gasteiger partial charge in [0.05, 0.1) is 17.3 Å². The number of fused-ring (bicyclic) bond motifs is 2.